The van der Waals surface area contributed by atoms with Crippen molar-refractivity contribution in [2.24, 2.45) is 0 Å². The minimum atomic E-state index is -0.831. The number of ether oxygens (including phenoxy) is 1. The number of amides is 1. The van der Waals surface area contributed by atoms with Gasteiger partial charge in [-0.25, -0.2) is 4.79 Å². The van der Waals surface area contributed by atoms with Gasteiger partial charge in [0.25, 0.3) is 0 Å². The summed E-state index contributed by atoms with van der Waals surface area (Å²) >= 11 is 0. The molecule has 0 heterocycles. The third-order valence-corrected chi connectivity index (χ3v) is 3.29. The molecule has 0 unspecified atom stereocenters. The van der Waals surface area contributed by atoms with Crippen LogP contribution in [0.1, 0.15) is 39.2 Å². The number of anilines is 1. The average Bonchev–Trinajstić information content (AvgIpc) is 2.33. The summed E-state index contributed by atoms with van der Waals surface area (Å²) in [7, 11) is 0. The first-order chi connectivity index (χ1) is 9.76. The van der Waals surface area contributed by atoms with E-state index in [4.69, 9.17) is 4.74 Å². The summed E-state index contributed by atoms with van der Waals surface area (Å²) in [6.07, 6.45) is -0.193. The maximum absolute atomic E-state index is 11.9. The summed E-state index contributed by atoms with van der Waals surface area (Å²) in [5.41, 5.74) is -0.250. The van der Waals surface area contributed by atoms with Gasteiger partial charge in [-0.3, -0.25) is 10.1 Å². The number of Topliss-reactive ketones (excluding diaryl/α,β-unsaturated/α-hetero) is 1. The topological polar surface area (TPSA) is 79.2 Å². The highest BCUT2D eigenvalue weighted by molar-refractivity contribution is 5.93. The summed E-state index contributed by atoms with van der Waals surface area (Å²) < 4.78 is 5.22. The first-order valence-electron chi connectivity index (χ1n) is 6.78. The lowest BCUT2D eigenvalue weighted by Crippen LogP contribution is -2.41. The molecule has 0 aromatic heterocycles. The summed E-state index contributed by atoms with van der Waals surface area (Å²) in [6.45, 7) is 5.33. The minimum Gasteiger partial charge on any atom is -0.444 e. The third-order valence-electron chi connectivity index (χ3n) is 3.29. The van der Waals surface area contributed by atoms with Crippen LogP contribution in [0.15, 0.2) is 24.3 Å². The van der Waals surface area contributed by atoms with Crippen LogP contribution in [0.3, 0.4) is 0 Å². The Labute approximate surface area is 123 Å². The maximum atomic E-state index is 11.9. The number of nitrogens with zero attached hydrogens (tertiary/aromatic N) is 1. The third kappa shape index (κ3) is 3.22. The van der Waals surface area contributed by atoms with Crippen LogP contribution in [0, 0.1) is 11.3 Å². The van der Waals surface area contributed by atoms with Crippen LogP contribution in [0.25, 0.3) is 0 Å². The van der Waals surface area contributed by atoms with Crippen molar-refractivity contribution in [3.05, 3.63) is 29.8 Å². The van der Waals surface area contributed by atoms with Gasteiger partial charge in [0.2, 0.25) is 0 Å². The highest BCUT2D eigenvalue weighted by atomic mass is 16.6. The molecule has 1 amide bonds. The standard InChI is InChI=1S/C16H18N2O3/c1-15(2,3)21-14(20)18-13-7-5-4-6-12(13)16(10-17)8-11(19)9-16/h4-7H,8-9H2,1-3H3,(H,18,20). The Balaban J connectivity index is 2.24. The molecule has 1 N–H and O–H groups in total. The number of benzene rings is 1. The van der Waals surface area contributed by atoms with Crippen molar-refractivity contribution in [2.75, 3.05) is 5.32 Å². The number of ketones is 1. The average molecular weight is 286 g/mol. The molecular weight excluding hydrogens is 268 g/mol. The molecule has 1 aromatic carbocycles. The van der Waals surface area contributed by atoms with Gasteiger partial charge in [-0.2, -0.15) is 5.26 Å². The lowest BCUT2D eigenvalue weighted by atomic mass is 9.64. The summed E-state index contributed by atoms with van der Waals surface area (Å²) in [4.78, 5) is 23.2. The molecule has 1 fully saturated rings. The molecule has 1 saturated carbocycles. The van der Waals surface area contributed by atoms with E-state index in [0.717, 1.165) is 0 Å². The second kappa shape index (κ2) is 5.21. The molecule has 0 aliphatic heterocycles. The maximum Gasteiger partial charge on any atom is 0.412 e. The van der Waals surface area contributed by atoms with Crippen molar-refractivity contribution in [3.8, 4) is 6.07 Å². The summed E-state index contributed by atoms with van der Waals surface area (Å²) in [5.74, 6) is 0.0589. The largest absolute Gasteiger partial charge is 0.444 e. The van der Waals surface area contributed by atoms with Gasteiger partial charge in [0.1, 0.15) is 11.4 Å². The van der Waals surface area contributed by atoms with Crippen LogP contribution in [0.5, 0.6) is 0 Å². The first-order valence-corrected chi connectivity index (χ1v) is 6.78. The smallest absolute Gasteiger partial charge is 0.412 e. The minimum absolute atomic E-state index is 0.0589. The fraction of sp³-hybridized carbons (Fsp3) is 0.438. The summed E-state index contributed by atoms with van der Waals surface area (Å²) in [5, 5.41) is 12.1. The molecule has 5 heteroatoms. The summed E-state index contributed by atoms with van der Waals surface area (Å²) in [6, 6.07) is 9.24. The number of carbonyl (C=O) groups excluding carboxylic acids is 2. The monoisotopic (exact) mass is 286 g/mol. The second-order valence-electron chi connectivity index (χ2n) is 6.26. The van der Waals surface area contributed by atoms with E-state index in [0.29, 0.717) is 11.3 Å². The van der Waals surface area contributed by atoms with Gasteiger partial charge in [-0.15, -0.1) is 0 Å². The van der Waals surface area contributed by atoms with Gasteiger partial charge >= 0.3 is 6.09 Å². The van der Waals surface area contributed by atoms with Crippen molar-refractivity contribution < 1.29 is 14.3 Å². The molecule has 21 heavy (non-hydrogen) atoms. The molecule has 1 aliphatic carbocycles. The number of hydrogen-bond acceptors (Lipinski definition) is 4. The lowest BCUT2D eigenvalue weighted by molar-refractivity contribution is -0.126. The van der Waals surface area contributed by atoms with Crippen molar-refractivity contribution in [3.63, 3.8) is 0 Å². The molecule has 1 aliphatic rings. The Morgan fingerprint density at radius 2 is 1.95 bits per heavy atom. The van der Waals surface area contributed by atoms with E-state index in [1.54, 1.807) is 45.0 Å². The zero-order valence-corrected chi connectivity index (χ0v) is 12.4. The highest BCUT2D eigenvalue weighted by Gasteiger charge is 2.46. The molecule has 1 aromatic rings. The number of hydrogen-bond donors (Lipinski definition) is 1. The van der Waals surface area contributed by atoms with Gasteiger partial charge in [0, 0.05) is 18.5 Å². The molecular formula is C16H18N2O3. The van der Waals surface area contributed by atoms with E-state index in [9.17, 15) is 14.9 Å². The Hall–Kier alpha value is -2.35. The molecule has 110 valence electrons. The van der Waals surface area contributed by atoms with Crippen molar-refractivity contribution >= 4 is 17.6 Å². The number of para-hydroxylation sites is 1. The van der Waals surface area contributed by atoms with Crippen LogP contribution in [0.4, 0.5) is 10.5 Å². The van der Waals surface area contributed by atoms with Gasteiger partial charge in [-0.05, 0) is 32.4 Å². The lowest BCUT2D eigenvalue weighted by Gasteiger charge is -2.35. The normalized spacial score (nSPS) is 16.6. The molecule has 0 atom stereocenters. The predicted octanol–water partition coefficient (Wildman–Crippen LogP) is 3.16. The zero-order valence-electron chi connectivity index (χ0n) is 12.4. The van der Waals surface area contributed by atoms with Gasteiger partial charge in [-0.1, -0.05) is 18.2 Å². The van der Waals surface area contributed by atoms with E-state index in [-0.39, 0.29) is 18.6 Å². The van der Waals surface area contributed by atoms with Crippen LogP contribution >= 0.6 is 0 Å². The van der Waals surface area contributed by atoms with Gasteiger partial charge in [0.05, 0.1) is 11.5 Å². The molecule has 2 rings (SSSR count). The fourth-order valence-electron chi connectivity index (χ4n) is 2.37. The molecule has 0 saturated heterocycles. The van der Waals surface area contributed by atoms with E-state index >= 15 is 0 Å². The predicted molar refractivity (Wildman–Crippen MR) is 77.8 cm³/mol. The van der Waals surface area contributed by atoms with Crippen molar-refractivity contribution in [1.29, 1.82) is 5.26 Å². The molecule has 0 radical (unpaired) electrons. The Bertz CT molecular complexity index is 615. The van der Waals surface area contributed by atoms with E-state index in [1.807, 2.05) is 0 Å². The van der Waals surface area contributed by atoms with Crippen LogP contribution in [-0.4, -0.2) is 17.5 Å². The Morgan fingerprint density at radius 1 is 1.33 bits per heavy atom. The van der Waals surface area contributed by atoms with Crippen molar-refractivity contribution in [1.82, 2.24) is 0 Å². The van der Waals surface area contributed by atoms with Crippen LogP contribution in [-0.2, 0) is 14.9 Å². The number of nitriles is 1. The second-order valence-corrected chi connectivity index (χ2v) is 6.26. The molecule has 0 spiro atoms. The van der Waals surface area contributed by atoms with E-state index < -0.39 is 17.1 Å². The van der Waals surface area contributed by atoms with Crippen LogP contribution in [0.2, 0.25) is 0 Å². The first kappa shape index (κ1) is 15.0. The number of rotatable bonds is 2. The van der Waals surface area contributed by atoms with E-state index in [1.165, 1.54) is 0 Å². The molecule has 0 bridgehead atoms. The van der Waals surface area contributed by atoms with E-state index in [2.05, 4.69) is 11.4 Å². The quantitative estimate of drug-likeness (QED) is 0.905. The van der Waals surface area contributed by atoms with Crippen LogP contribution < -0.4 is 5.32 Å². The zero-order chi connectivity index (χ0) is 15.7. The fourth-order valence-corrected chi connectivity index (χ4v) is 2.37. The molecule has 5 nitrogen and oxygen atoms in total. The van der Waals surface area contributed by atoms with Crippen molar-refractivity contribution in [2.45, 2.75) is 44.6 Å². The van der Waals surface area contributed by atoms with Gasteiger partial charge in [0.15, 0.2) is 0 Å². The van der Waals surface area contributed by atoms with Gasteiger partial charge < -0.3 is 4.74 Å². The highest BCUT2D eigenvalue weighted by Crippen LogP contribution is 2.43. The SMILES string of the molecule is CC(C)(C)OC(=O)Nc1ccccc1C1(C#N)CC(=O)C1. The number of carbonyl (C=O) groups is 2. The Morgan fingerprint density at radius 3 is 2.48 bits per heavy atom. The Kier molecular flexibility index (Phi) is 3.73. The number of nitrogens with one attached hydrogen (secondary N) is 1.